The molecule has 572 valence electrons. The second-order valence-corrected chi connectivity index (χ2v) is 28.8. The van der Waals surface area contributed by atoms with Gasteiger partial charge in [-0.25, -0.2) is 9.69 Å². The molecule has 1 unspecified atom stereocenters. The fourth-order valence-electron chi connectivity index (χ4n) is 14.6. The van der Waals surface area contributed by atoms with E-state index in [1.807, 2.05) is 84.0 Å². The van der Waals surface area contributed by atoms with Crippen LogP contribution in [0.4, 0.5) is 27.5 Å². The topological polar surface area (TPSA) is 342 Å². The Labute approximate surface area is 630 Å². The number of hydrogen-bond acceptors (Lipinski definition) is 20. The first kappa shape index (κ1) is 75.4. The molecule has 0 aromatic heterocycles. The van der Waals surface area contributed by atoms with Gasteiger partial charge in [0, 0.05) is 73.5 Å². The van der Waals surface area contributed by atoms with Crippen molar-refractivity contribution in [3.8, 4) is 28.7 Å². The molecule has 9 amide bonds. The van der Waals surface area contributed by atoms with E-state index in [1.165, 1.54) is 33.3 Å². The summed E-state index contributed by atoms with van der Waals surface area (Å²) in [5, 5.41) is 30.7. The van der Waals surface area contributed by atoms with Crippen molar-refractivity contribution in [2.75, 3.05) is 81.2 Å². The van der Waals surface area contributed by atoms with Crippen LogP contribution in [0.2, 0.25) is 0 Å². The Morgan fingerprint density at radius 2 is 1.36 bits per heavy atom. The maximum Gasteiger partial charge on any atom is 0.416 e. The van der Waals surface area contributed by atoms with Crippen molar-refractivity contribution in [1.82, 2.24) is 47.0 Å². The summed E-state index contributed by atoms with van der Waals surface area (Å²) < 4.78 is 35.3. The number of anilines is 4. The first-order valence-electron chi connectivity index (χ1n) is 36.7. The van der Waals surface area contributed by atoms with E-state index in [0.29, 0.717) is 72.0 Å². The lowest BCUT2D eigenvalue weighted by atomic mass is 9.95. The van der Waals surface area contributed by atoms with E-state index in [-0.39, 0.29) is 97.2 Å². The average Bonchev–Trinajstić information content (AvgIpc) is 1.58. The minimum absolute atomic E-state index is 0.0566. The molecule has 9 N–H and O–H groups in total. The third-order valence-corrected chi connectivity index (χ3v) is 20.8. The minimum atomic E-state index is -1.50. The standard InChI is InChI=1S/C80H91N13O16/c1-45(2)71(86-69(96)40-83-68(95)39-82-67(94)26-27-70(97)90-41-50-14-9-10-15-55(50)72-73(93(46(3)4)88-87-72)56-16-11-12-17-60(56)90)75(99)84-47(5)74(98)85-52-22-18-48(19-23-52)43-109-79(103)92-61-36-66(64(106-8)34-58(61)77(101)91-44-80(28-29-80)37-62(91)78(92)102)108-31-13-30-107-65-35-59-57(33-63(65)105-7)76(100)89-42-51(32-53(89)38-81-59)49-20-24-54(104-6)25-21-49/h9-12,14-25,33-36,42,45-47,53,62,71,78,81,87-88,102H,13,26-32,37-41,43-44H2,1-8H3,(H,82,94)(H,83,95)(H,84,99)(H,85,98)(H,86,96)/t47-,53-,62-,71+,78?/m0/s1. The number of aliphatic hydroxyl groups excluding tert-OH is 1. The molecule has 1 saturated carbocycles. The zero-order chi connectivity index (χ0) is 76.9. The summed E-state index contributed by atoms with van der Waals surface area (Å²) in [7, 11) is 4.57. The summed E-state index contributed by atoms with van der Waals surface area (Å²) in [6.45, 7) is 9.12. The van der Waals surface area contributed by atoms with Gasteiger partial charge in [0.15, 0.2) is 29.2 Å². The van der Waals surface area contributed by atoms with E-state index in [1.54, 1.807) is 72.1 Å². The number of aliphatic hydroxyl groups is 1. The zero-order valence-corrected chi connectivity index (χ0v) is 62.1. The Morgan fingerprint density at radius 1 is 0.679 bits per heavy atom. The number of benzene rings is 6. The van der Waals surface area contributed by atoms with Gasteiger partial charge in [-0.15, -0.1) is 5.53 Å². The van der Waals surface area contributed by atoms with Crippen molar-refractivity contribution >= 4 is 93.1 Å². The van der Waals surface area contributed by atoms with Gasteiger partial charge in [-0.05, 0) is 123 Å². The number of nitrogens with one attached hydrogen (secondary N) is 8. The summed E-state index contributed by atoms with van der Waals surface area (Å²) in [6.07, 6.45) is 2.37. The van der Waals surface area contributed by atoms with Crippen molar-refractivity contribution in [2.24, 2.45) is 11.3 Å². The average molecular weight is 1490 g/mol. The molecular weight excluding hydrogens is 1400 g/mol. The molecule has 29 nitrogen and oxygen atoms in total. The molecule has 2 fully saturated rings. The number of fused-ring (bicyclic) bond motifs is 8. The van der Waals surface area contributed by atoms with Crippen molar-refractivity contribution in [3.63, 3.8) is 0 Å². The van der Waals surface area contributed by atoms with Gasteiger partial charge in [0.25, 0.3) is 11.8 Å². The van der Waals surface area contributed by atoms with Crippen LogP contribution in [0, 0.1) is 11.3 Å². The molecule has 109 heavy (non-hydrogen) atoms. The van der Waals surface area contributed by atoms with Crippen molar-refractivity contribution in [1.29, 1.82) is 0 Å². The van der Waals surface area contributed by atoms with Gasteiger partial charge >= 0.3 is 6.09 Å². The number of carbonyl (C=O) groups excluding carboxylic acids is 9. The second kappa shape index (κ2) is 32.3. The van der Waals surface area contributed by atoms with Gasteiger partial charge < -0.3 is 85.6 Å². The number of hydrazine groups is 2. The van der Waals surface area contributed by atoms with Crippen LogP contribution in [0.3, 0.4) is 0 Å². The van der Waals surface area contributed by atoms with Gasteiger partial charge in [-0.2, -0.15) is 0 Å². The molecule has 1 spiro atoms. The number of amides is 9. The summed E-state index contributed by atoms with van der Waals surface area (Å²) >= 11 is 0. The van der Waals surface area contributed by atoms with E-state index in [2.05, 4.69) is 56.7 Å². The first-order chi connectivity index (χ1) is 52.5. The molecule has 0 bridgehead atoms. The second-order valence-electron chi connectivity index (χ2n) is 28.8. The number of nitrogens with zero attached hydrogens (tertiary/aromatic N) is 5. The molecule has 5 atom stereocenters. The predicted molar refractivity (Wildman–Crippen MR) is 404 cm³/mol. The molecule has 7 aliphatic rings. The molecular formula is C80H91N13O16. The van der Waals surface area contributed by atoms with E-state index >= 15 is 0 Å². The van der Waals surface area contributed by atoms with E-state index in [0.717, 1.165) is 62.7 Å². The van der Waals surface area contributed by atoms with Gasteiger partial charge in [0.05, 0.1) is 106 Å². The van der Waals surface area contributed by atoms with Crippen LogP contribution >= 0.6 is 0 Å². The third kappa shape index (κ3) is 16.2. The SMILES string of the molecule is COc1ccc(C2=CN3C(=O)c4cc(OC)c(OCCCOc5cc6c(cc5OC)C(=O)N5CC7(CC7)C[C@H]5C(O)N6C(=O)OCc5ccc(NC(=O)[C@H](C)NC(=O)[C@H](NC(=O)CNC(=O)CNC(=O)CCC(=O)N6Cc7ccccc7C7=C(c8ccccc86)N(C(C)C)NN7)C(C)C)cc5)cc4NC[C@@H]3C2)cc1. The summed E-state index contributed by atoms with van der Waals surface area (Å²) in [5.41, 5.74) is 15.7. The van der Waals surface area contributed by atoms with Gasteiger partial charge in [-0.3, -0.25) is 43.4 Å². The third-order valence-electron chi connectivity index (χ3n) is 20.8. The molecule has 6 aromatic rings. The van der Waals surface area contributed by atoms with Crippen LogP contribution in [-0.4, -0.2) is 170 Å². The normalized spacial score (nSPS) is 18.2. The number of carbonyl (C=O) groups is 9. The highest BCUT2D eigenvalue weighted by atomic mass is 16.6. The summed E-state index contributed by atoms with van der Waals surface area (Å²) in [6, 6.07) is 33.0. The Kier molecular flexibility index (Phi) is 22.3. The number of ether oxygens (including phenoxy) is 6. The largest absolute Gasteiger partial charge is 0.497 e. The summed E-state index contributed by atoms with van der Waals surface area (Å²) in [5.74, 6) is -2.55. The number of methoxy groups -OCH3 is 3. The van der Waals surface area contributed by atoms with Crippen LogP contribution < -0.4 is 76.3 Å². The van der Waals surface area contributed by atoms with E-state index < -0.39 is 79.0 Å². The predicted octanol–water partition coefficient (Wildman–Crippen LogP) is 7.41. The van der Waals surface area contributed by atoms with Crippen LogP contribution in [0.25, 0.3) is 17.0 Å². The maximum absolute atomic E-state index is 14.5. The molecule has 29 heteroatoms. The fourth-order valence-corrected chi connectivity index (χ4v) is 14.6. The van der Waals surface area contributed by atoms with E-state index in [9.17, 15) is 48.3 Å². The number of para-hydroxylation sites is 1. The first-order valence-corrected chi connectivity index (χ1v) is 36.7. The molecule has 1 saturated heterocycles. The van der Waals surface area contributed by atoms with Gasteiger partial charge in [0.2, 0.25) is 35.4 Å². The van der Waals surface area contributed by atoms with Crippen LogP contribution in [0.1, 0.15) is 128 Å². The quantitative estimate of drug-likeness (QED) is 0.0239. The van der Waals surface area contributed by atoms with Crippen LogP contribution in [-0.2, 0) is 46.7 Å². The fraction of sp³-hybridized carbons (Fsp3) is 0.388. The van der Waals surface area contributed by atoms with Crippen LogP contribution in [0.5, 0.6) is 28.7 Å². The van der Waals surface area contributed by atoms with Gasteiger partial charge in [0.1, 0.15) is 24.4 Å². The Hall–Kier alpha value is -11.9. The molecule has 6 heterocycles. The molecule has 6 aliphatic heterocycles. The van der Waals surface area contributed by atoms with Crippen molar-refractivity contribution in [3.05, 3.63) is 166 Å². The highest BCUT2D eigenvalue weighted by Gasteiger charge is 2.58. The molecule has 0 radical (unpaired) electrons. The van der Waals surface area contributed by atoms with Crippen molar-refractivity contribution < 1.29 is 76.7 Å². The monoisotopic (exact) mass is 1490 g/mol. The maximum atomic E-state index is 14.5. The lowest BCUT2D eigenvalue weighted by Crippen LogP contribution is -2.55. The minimum Gasteiger partial charge on any atom is -0.497 e. The number of rotatable bonds is 26. The lowest BCUT2D eigenvalue weighted by Gasteiger charge is -2.32. The van der Waals surface area contributed by atoms with E-state index in [4.69, 9.17) is 28.4 Å². The molecule has 6 aromatic carbocycles. The highest BCUT2D eigenvalue weighted by molar-refractivity contribution is 6.07. The van der Waals surface area contributed by atoms with Crippen molar-refractivity contribution in [2.45, 2.75) is 129 Å². The Bertz CT molecular complexity index is 4600. The summed E-state index contributed by atoms with van der Waals surface area (Å²) in [4.78, 5) is 130. The molecule has 13 rings (SSSR count). The number of hydrogen-bond donors (Lipinski definition) is 9. The highest BCUT2D eigenvalue weighted by Crippen LogP contribution is 2.57. The lowest BCUT2D eigenvalue weighted by molar-refractivity contribution is -0.132. The Balaban J connectivity index is 0.568. The molecule has 1 aliphatic carbocycles. The zero-order valence-electron chi connectivity index (χ0n) is 62.1. The smallest absolute Gasteiger partial charge is 0.416 e. The van der Waals surface area contributed by atoms with Gasteiger partial charge in [-0.1, -0.05) is 80.6 Å². The Morgan fingerprint density at radius 3 is 2.06 bits per heavy atom. The van der Waals surface area contributed by atoms with Crippen LogP contribution in [0.15, 0.2) is 128 Å².